The topological polar surface area (TPSA) is 75.3 Å². The van der Waals surface area contributed by atoms with Crippen LogP contribution in [0.4, 0.5) is 18.9 Å². The van der Waals surface area contributed by atoms with Gasteiger partial charge in [0.15, 0.2) is 0 Å². The SMILES string of the molecule is O=C(Cc1ccc(NS(=O)(=O)c2cccs2)cc1)NCC(F)(F)F. The summed E-state index contributed by atoms with van der Waals surface area (Å²) in [7, 11) is -3.67. The fourth-order valence-corrected chi connectivity index (χ4v) is 3.81. The lowest BCUT2D eigenvalue weighted by Crippen LogP contribution is -2.34. The van der Waals surface area contributed by atoms with Crippen molar-refractivity contribution in [1.29, 1.82) is 0 Å². The summed E-state index contributed by atoms with van der Waals surface area (Å²) in [4.78, 5) is 11.4. The van der Waals surface area contributed by atoms with Gasteiger partial charge in [-0.1, -0.05) is 18.2 Å². The van der Waals surface area contributed by atoms with E-state index in [1.807, 2.05) is 0 Å². The Kier molecular flexibility index (Phi) is 5.50. The average Bonchev–Trinajstić information content (AvgIpc) is 3.01. The van der Waals surface area contributed by atoms with Gasteiger partial charge < -0.3 is 5.32 Å². The van der Waals surface area contributed by atoms with Crippen LogP contribution in [0.3, 0.4) is 0 Å². The van der Waals surface area contributed by atoms with Crippen LogP contribution < -0.4 is 10.0 Å². The van der Waals surface area contributed by atoms with Gasteiger partial charge in [-0.2, -0.15) is 13.2 Å². The highest BCUT2D eigenvalue weighted by atomic mass is 32.2. The van der Waals surface area contributed by atoms with Crippen LogP contribution >= 0.6 is 11.3 Å². The minimum atomic E-state index is -4.46. The van der Waals surface area contributed by atoms with E-state index in [1.54, 1.807) is 16.8 Å². The van der Waals surface area contributed by atoms with Crippen molar-refractivity contribution >= 4 is 33.0 Å². The van der Waals surface area contributed by atoms with Gasteiger partial charge in [0.1, 0.15) is 10.8 Å². The van der Waals surface area contributed by atoms with E-state index in [9.17, 15) is 26.4 Å². The molecule has 5 nitrogen and oxygen atoms in total. The summed E-state index contributed by atoms with van der Waals surface area (Å²) in [5.74, 6) is -0.765. The molecule has 0 bridgehead atoms. The monoisotopic (exact) mass is 378 g/mol. The van der Waals surface area contributed by atoms with Crippen LogP contribution in [0.1, 0.15) is 5.56 Å². The number of carbonyl (C=O) groups is 1. The summed E-state index contributed by atoms with van der Waals surface area (Å²) in [6.45, 7) is -1.38. The van der Waals surface area contributed by atoms with E-state index in [1.165, 1.54) is 30.3 Å². The molecule has 2 rings (SSSR count). The lowest BCUT2D eigenvalue weighted by molar-refractivity contribution is -0.138. The van der Waals surface area contributed by atoms with E-state index in [2.05, 4.69) is 4.72 Å². The average molecular weight is 378 g/mol. The van der Waals surface area contributed by atoms with E-state index in [0.717, 1.165) is 11.3 Å². The van der Waals surface area contributed by atoms with Crippen molar-refractivity contribution in [3.8, 4) is 0 Å². The molecule has 0 unspecified atom stereocenters. The molecule has 2 aromatic rings. The lowest BCUT2D eigenvalue weighted by atomic mass is 10.1. The maximum atomic E-state index is 12.0. The molecular formula is C14H13F3N2O3S2. The molecular weight excluding hydrogens is 365 g/mol. The zero-order valence-electron chi connectivity index (χ0n) is 12.1. The maximum absolute atomic E-state index is 12.0. The van der Waals surface area contributed by atoms with Crippen molar-refractivity contribution in [3.05, 3.63) is 47.3 Å². The Hall–Kier alpha value is -2.07. The Labute approximate surface area is 140 Å². The number of alkyl halides is 3. The van der Waals surface area contributed by atoms with Gasteiger partial charge in [0, 0.05) is 5.69 Å². The molecule has 0 fully saturated rings. The van der Waals surface area contributed by atoms with Gasteiger partial charge >= 0.3 is 6.18 Å². The van der Waals surface area contributed by atoms with E-state index >= 15 is 0 Å². The fraction of sp³-hybridized carbons (Fsp3) is 0.214. The number of halogens is 3. The van der Waals surface area contributed by atoms with Gasteiger partial charge in [-0.15, -0.1) is 11.3 Å². The first kappa shape index (κ1) is 18.3. The van der Waals surface area contributed by atoms with Gasteiger partial charge in [-0.3, -0.25) is 9.52 Å². The van der Waals surface area contributed by atoms with Crippen molar-refractivity contribution in [2.75, 3.05) is 11.3 Å². The smallest absolute Gasteiger partial charge is 0.347 e. The van der Waals surface area contributed by atoms with Crippen molar-refractivity contribution in [2.45, 2.75) is 16.8 Å². The second-order valence-corrected chi connectivity index (χ2v) is 7.66. The van der Waals surface area contributed by atoms with Crippen molar-refractivity contribution in [2.24, 2.45) is 0 Å². The Balaban J connectivity index is 1.95. The third-order valence-corrected chi connectivity index (χ3v) is 5.60. The minimum Gasteiger partial charge on any atom is -0.347 e. The molecule has 1 amide bonds. The third kappa shape index (κ3) is 5.53. The summed E-state index contributed by atoms with van der Waals surface area (Å²) >= 11 is 1.07. The van der Waals surface area contributed by atoms with Crippen molar-refractivity contribution < 1.29 is 26.4 Å². The maximum Gasteiger partial charge on any atom is 0.405 e. The second kappa shape index (κ2) is 7.22. The van der Waals surface area contributed by atoms with Crippen LogP contribution in [-0.4, -0.2) is 27.0 Å². The number of hydrogen-bond acceptors (Lipinski definition) is 4. The highest BCUT2D eigenvalue weighted by molar-refractivity contribution is 7.94. The number of benzene rings is 1. The van der Waals surface area contributed by atoms with E-state index < -0.39 is 28.7 Å². The van der Waals surface area contributed by atoms with Gasteiger partial charge in [-0.25, -0.2) is 8.42 Å². The molecule has 10 heteroatoms. The normalized spacial score (nSPS) is 12.0. The summed E-state index contributed by atoms with van der Waals surface area (Å²) in [6.07, 6.45) is -4.69. The van der Waals surface area contributed by atoms with Crippen LogP contribution in [0.25, 0.3) is 0 Å². The summed E-state index contributed by atoms with van der Waals surface area (Å²) in [6, 6.07) is 8.90. The zero-order chi connectivity index (χ0) is 17.8. The number of amides is 1. The van der Waals surface area contributed by atoms with Crippen LogP contribution in [-0.2, 0) is 21.2 Å². The van der Waals surface area contributed by atoms with Crippen LogP contribution in [0, 0.1) is 0 Å². The molecule has 130 valence electrons. The number of hydrogen-bond donors (Lipinski definition) is 2. The molecule has 2 N–H and O–H groups in total. The molecule has 0 radical (unpaired) electrons. The minimum absolute atomic E-state index is 0.165. The largest absolute Gasteiger partial charge is 0.405 e. The Morgan fingerprint density at radius 1 is 1.12 bits per heavy atom. The number of rotatable bonds is 6. The molecule has 0 aliphatic rings. The van der Waals surface area contributed by atoms with Crippen LogP contribution in [0.5, 0.6) is 0 Å². The van der Waals surface area contributed by atoms with Gasteiger partial charge in [0.2, 0.25) is 5.91 Å². The summed E-state index contributed by atoms with van der Waals surface area (Å²) < 4.78 is 62.6. The third-order valence-electron chi connectivity index (χ3n) is 2.82. The van der Waals surface area contributed by atoms with Crippen LogP contribution in [0.15, 0.2) is 46.0 Å². The highest BCUT2D eigenvalue weighted by Crippen LogP contribution is 2.20. The van der Waals surface area contributed by atoms with E-state index in [-0.39, 0.29) is 10.6 Å². The molecule has 0 aliphatic carbocycles. The predicted octanol–water partition coefficient (Wildman–Crippen LogP) is 2.77. The summed E-state index contributed by atoms with van der Waals surface area (Å²) in [5.41, 5.74) is 0.761. The lowest BCUT2D eigenvalue weighted by Gasteiger charge is -2.09. The first-order chi connectivity index (χ1) is 11.2. The zero-order valence-corrected chi connectivity index (χ0v) is 13.8. The highest BCUT2D eigenvalue weighted by Gasteiger charge is 2.27. The molecule has 1 aromatic carbocycles. The summed E-state index contributed by atoms with van der Waals surface area (Å²) in [5, 5.41) is 3.40. The van der Waals surface area contributed by atoms with E-state index in [4.69, 9.17) is 0 Å². The molecule has 1 aromatic heterocycles. The first-order valence-electron chi connectivity index (χ1n) is 6.64. The molecule has 0 saturated carbocycles. The predicted molar refractivity (Wildman–Crippen MR) is 84.3 cm³/mol. The second-order valence-electron chi connectivity index (χ2n) is 4.80. The Morgan fingerprint density at radius 2 is 1.79 bits per heavy atom. The molecule has 0 atom stereocenters. The first-order valence-corrected chi connectivity index (χ1v) is 9.01. The van der Waals surface area contributed by atoms with E-state index in [0.29, 0.717) is 11.3 Å². The quantitative estimate of drug-likeness (QED) is 0.812. The van der Waals surface area contributed by atoms with Crippen molar-refractivity contribution in [3.63, 3.8) is 0 Å². The molecule has 0 aliphatic heterocycles. The number of carbonyl (C=O) groups excluding carboxylic acids is 1. The number of nitrogens with one attached hydrogen (secondary N) is 2. The number of thiophene rings is 1. The Morgan fingerprint density at radius 3 is 2.33 bits per heavy atom. The molecule has 0 spiro atoms. The Bertz CT molecular complexity index is 786. The molecule has 1 heterocycles. The fourth-order valence-electron chi connectivity index (χ4n) is 1.76. The standard InChI is InChI=1S/C14H13F3N2O3S2/c15-14(16,17)9-18-12(20)8-10-3-5-11(6-4-10)19-24(21,22)13-2-1-7-23-13/h1-7,19H,8-9H2,(H,18,20). The number of sulfonamides is 1. The molecule has 24 heavy (non-hydrogen) atoms. The van der Waals surface area contributed by atoms with Gasteiger partial charge in [0.25, 0.3) is 10.0 Å². The number of anilines is 1. The van der Waals surface area contributed by atoms with Crippen molar-refractivity contribution in [1.82, 2.24) is 5.32 Å². The van der Waals surface area contributed by atoms with Gasteiger partial charge in [-0.05, 0) is 29.1 Å². The van der Waals surface area contributed by atoms with Crippen LogP contribution in [0.2, 0.25) is 0 Å². The molecule has 0 saturated heterocycles. The van der Waals surface area contributed by atoms with Gasteiger partial charge in [0.05, 0.1) is 6.42 Å².